The third kappa shape index (κ3) is 4.62. The van der Waals surface area contributed by atoms with Crippen molar-refractivity contribution in [3.63, 3.8) is 0 Å². The molecule has 0 saturated heterocycles. The van der Waals surface area contributed by atoms with Crippen molar-refractivity contribution in [2.75, 3.05) is 11.9 Å². The minimum absolute atomic E-state index is 0.227. The van der Waals surface area contributed by atoms with E-state index >= 15 is 0 Å². The number of carbonyl (C=O) groups excluding carboxylic acids is 1. The molecule has 1 N–H and O–H groups in total. The Hall–Kier alpha value is -2.37. The number of thiazole rings is 1. The molecular formula is C20H19ClN2O2S. The average molecular weight is 387 g/mol. The molecule has 0 saturated carbocycles. The number of halogens is 1. The smallest absolute Gasteiger partial charge is 0.261 e. The molecular weight excluding hydrogens is 368 g/mol. The summed E-state index contributed by atoms with van der Waals surface area (Å²) < 4.78 is 5.65. The number of para-hydroxylation sites is 1. The van der Waals surface area contributed by atoms with Gasteiger partial charge in [0.25, 0.3) is 5.91 Å². The second-order valence-electron chi connectivity index (χ2n) is 5.70. The number of carbonyl (C=O) groups is 1. The van der Waals surface area contributed by atoms with Gasteiger partial charge < -0.3 is 4.74 Å². The lowest BCUT2D eigenvalue weighted by Gasteiger charge is -2.09. The summed E-state index contributed by atoms with van der Waals surface area (Å²) in [7, 11) is 0. The molecule has 0 radical (unpaired) electrons. The molecule has 0 atom stereocenters. The SMILES string of the molecule is CCCOc1ccccc1C(=O)Nc1ncc(Cc2ccccc2Cl)s1. The highest BCUT2D eigenvalue weighted by molar-refractivity contribution is 7.15. The van der Waals surface area contributed by atoms with Crippen molar-refractivity contribution in [3.8, 4) is 5.75 Å². The summed E-state index contributed by atoms with van der Waals surface area (Å²) in [5.41, 5.74) is 1.54. The minimum Gasteiger partial charge on any atom is -0.493 e. The maximum Gasteiger partial charge on any atom is 0.261 e. The Bertz CT molecular complexity index is 895. The third-order valence-corrected chi connectivity index (χ3v) is 4.97. The Kier molecular flexibility index (Phi) is 6.26. The van der Waals surface area contributed by atoms with Gasteiger partial charge in [-0.25, -0.2) is 4.98 Å². The van der Waals surface area contributed by atoms with Gasteiger partial charge in [0, 0.05) is 22.5 Å². The molecule has 26 heavy (non-hydrogen) atoms. The highest BCUT2D eigenvalue weighted by Crippen LogP contribution is 2.26. The molecule has 0 bridgehead atoms. The monoisotopic (exact) mass is 386 g/mol. The number of ether oxygens (including phenoxy) is 1. The Labute approximate surface area is 161 Å². The summed E-state index contributed by atoms with van der Waals surface area (Å²) in [5, 5.41) is 4.14. The molecule has 134 valence electrons. The van der Waals surface area contributed by atoms with Crippen LogP contribution in [0.4, 0.5) is 5.13 Å². The molecule has 3 aromatic rings. The normalized spacial score (nSPS) is 10.5. The maximum absolute atomic E-state index is 12.6. The van der Waals surface area contributed by atoms with E-state index in [0.717, 1.165) is 21.9 Å². The zero-order valence-corrected chi connectivity index (χ0v) is 15.9. The number of hydrogen-bond donors (Lipinski definition) is 1. The summed E-state index contributed by atoms with van der Waals surface area (Å²) in [5.74, 6) is 0.357. The first-order valence-electron chi connectivity index (χ1n) is 8.38. The van der Waals surface area contributed by atoms with Crippen molar-refractivity contribution < 1.29 is 9.53 Å². The average Bonchev–Trinajstić information content (AvgIpc) is 3.09. The second-order valence-corrected chi connectivity index (χ2v) is 7.22. The van der Waals surface area contributed by atoms with Gasteiger partial charge in [-0.2, -0.15) is 0 Å². The van der Waals surface area contributed by atoms with Crippen LogP contribution in [0.5, 0.6) is 5.75 Å². The van der Waals surface area contributed by atoms with Gasteiger partial charge in [0.05, 0.1) is 12.2 Å². The molecule has 1 aromatic heterocycles. The van der Waals surface area contributed by atoms with Gasteiger partial charge in [-0.3, -0.25) is 10.1 Å². The van der Waals surface area contributed by atoms with Gasteiger partial charge in [0.15, 0.2) is 5.13 Å². The van der Waals surface area contributed by atoms with Crippen LogP contribution in [0.1, 0.15) is 34.1 Å². The van der Waals surface area contributed by atoms with Crippen molar-refractivity contribution in [1.82, 2.24) is 4.98 Å². The van der Waals surface area contributed by atoms with E-state index in [0.29, 0.717) is 29.5 Å². The number of rotatable bonds is 7. The fraction of sp³-hybridized carbons (Fsp3) is 0.200. The Balaban J connectivity index is 1.69. The molecule has 3 rings (SSSR count). The third-order valence-electron chi connectivity index (χ3n) is 3.69. The van der Waals surface area contributed by atoms with Gasteiger partial charge in [0.1, 0.15) is 5.75 Å². The van der Waals surface area contributed by atoms with E-state index in [-0.39, 0.29) is 5.91 Å². The highest BCUT2D eigenvalue weighted by Gasteiger charge is 2.14. The van der Waals surface area contributed by atoms with Gasteiger partial charge in [-0.05, 0) is 30.2 Å². The first-order valence-corrected chi connectivity index (χ1v) is 9.58. The lowest BCUT2D eigenvalue weighted by molar-refractivity contribution is 0.102. The Morgan fingerprint density at radius 1 is 1.19 bits per heavy atom. The van der Waals surface area contributed by atoms with Crippen molar-refractivity contribution in [2.45, 2.75) is 19.8 Å². The number of hydrogen-bond acceptors (Lipinski definition) is 4. The lowest BCUT2D eigenvalue weighted by Crippen LogP contribution is -2.13. The largest absolute Gasteiger partial charge is 0.493 e. The van der Waals surface area contributed by atoms with Crippen LogP contribution in [0, 0.1) is 0 Å². The van der Waals surface area contributed by atoms with Gasteiger partial charge in [-0.15, -0.1) is 11.3 Å². The van der Waals surface area contributed by atoms with Gasteiger partial charge in [-0.1, -0.05) is 48.9 Å². The van der Waals surface area contributed by atoms with Crippen LogP contribution in [0.25, 0.3) is 0 Å². The number of aromatic nitrogens is 1. The van der Waals surface area contributed by atoms with E-state index in [1.54, 1.807) is 18.3 Å². The Morgan fingerprint density at radius 2 is 1.96 bits per heavy atom. The minimum atomic E-state index is -0.227. The van der Waals surface area contributed by atoms with Crippen molar-refractivity contribution >= 4 is 34.0 Å². The van der Waals surface area contributed by atoms with Crippen LogP contribution in [-0.4, -0.2) is 17.5 Å². The van der Waals surface area contributed by atoms with E-state index in [1.165, 1.54) is 11.3 Å². The lowest BCUT2D eigenvalue weighted by atomic mass is 10.1. The van der Waals surface area contributed by atoms with E-state index in [4.69, 9.17) is 16.3 Å². The zero-order valence-electron chi connectivity index (χ0n) is 14.4. The summed E-state index contributed by atoms with van der Waals surface area (Å²) in [6, 6.07) is 14.9. The van der Waals surface area contributed by atoms with Crippen molar-refractivity contribution in [2.24, 2.45) is 0 Å². The topological polar surface area (TPSA) is 51.2 Å². The van der Waals surface area contributed by atoms with E-state index in [1.807, 2.05) is 43.3 Å². The Morgan fingerprint density at radius 3 is 2.77 bits per heavy atom. The standard InChI is InChI=1S/C20H19ClN2O2S/c1-2-11-25-18-10-6-4-8-16(18)19(24)23-20-22-13-15(26-20)12-14-7-3-5-9-17(14)21/h3-10,13H,2,11-12H2,1H3,(H,22,23,24). The van der Waals surface area contributed by atoms with E-state index in [9.17, 15) is 4.79 Å². The van der Waals surface area contributed by atoms with Crippen LogP contribution in [0.2, 0.25) is 5.02 Å². The first-order chi connectivity index (χ1) is 12.7. The molecule has 2 aromatic carbocycles. The maximum atomic E-state index is 12.6. The predicted molar refractivity (Wildman–Crippen MR) is 107 cm³/mol. The number of nitrogens with one attached hydrogen (secondary N) is 1. The fourth-order valence-corrected chi connectivity index (χ4v) is 3.47. The van der Waals surface area contributed by atoms with Crippen molar-refractivity contribution in [1.29, 1.82) is 0 Å². The van der Waals surface area contributed by atoms with Crippen LogP contribution >= 0.6 is 22.9 Å². The fourth-order valence-electron chi connectivity index (χ4n) is 2.43. The zero-order chi connectivity index (χ0) is 18.4. The molecule has 0 fully saturated rings. The predicted octanol–water partition coefficient (Wildman–Crippen LogP) is 5.43. The molecule has 1 amide bonds. The summed E-state index contributed by atoms with van der Waals surface area (Å²) >= 11 is 7.65. The second kappa shape index (κ2) is 8.83. The molecule has 0 spiro atoms. The van der Waals surface area contributed by atoms with Gasteiger partial charge >= 0.3 is 0 Å². The van der Waals surface area contributed by atoms with Crippen LogP contribution in [0.15, 0.2) is 54.7 Å². The summed E-state index contributed by atoms with van der Waals surface area (Å²) in [6.45, 7) is 2.60. The summed E-state index contributed by atoms with van der Waals surface area (Å²) in [4.78, 5) is 17.9. The molecule has 1 heterocycles. The number of amides is 1. The molecule has 4 nitrogen and oxygen atoms in total. The number of nitrogens with zero attached hydrogens (tertiary/aromatic N) is 1. The van der Waals surface area contributed by atoms with Crippen molar-refractivity contribution in [3.05, 3.63) is 75.8 Å². The molecule has 0 aliphatic heterocycles. The molecule has 0 unspecified atom stereocenters. The molecule has 6 heteroatoms. The summed E-state index contributed by atoms with van der Waals surface area (Å²) in [6.07, 6.45) is 3.33. The van der Waals surface area contributed by atoms with Crippen LogP contribution < -0.4 is 10.1 Å². The van der Waals surface area contributed by atoms with Gasteiger partial charge in [0.2, 0.25) is 0 Å². The number of anilines is 1. The van der Waals surface area contributed by atoms with E-state index < -0.39 is 0 Å². The van der Waals surface area contributed by atoms with E-state index in [2.05, 4.69) is 10.3 Å². The van der Waals surface area contributed by atoms with Crippen LogP contribution in [0.3, 0.4) is 0 Å². The number of benzene rings is 2. The molecule has 0 aliphatic rings. The quantitative estimate of drug-likeness (QED) is 0.589. The first kappa shape index (κ1) is 18.4. The van der Waals surface area contributed by atoms with Crippen LogP contribution in [-0.2, 0) is 6.42 Å². The highest BCUT2D eigenvalue weighted by atomic mass is 35.5. The molecule has 0 aliphatic carbocycles.